The van der Waals surface area contributed by atoms with Gasteiger partial charge in [-0.1, -0.05) is 41.7 Å². The van der Waals surface area contributed by atoms with Gasteiger partial charge in [0.05, 0.1) is 26.2 Å². The maximum absolute atomic E-state index is 13.2. The summed E-state index contributed by atoms with van der Waals surface area (Å²) in [6.45, 7) is 0.297. The number of nitrogens with one attached hydrogen (secondary N) is 1. The first-order valence-electron chi connectivity index (χ1n) is 10.3. The Morgan fingerprint density at radius 1 is 1.06 bits per heavy atom. The summed E-state index contributed by atoms with van der Waals surface area (Å²) >= 11 is 6.04. The minimum Gasteiger partial charge on any atom is -0.493 e. The van der Waals surface area contributed by atoms with Gasteiger partial charge in [-0.15, -0.1) is 0 Å². The number of hydrogen-bond donors (Lipinski definition) is 1. The SMILES string of the molecule is COc1ccc(-c2cc(CNC(=O)C3(c4ccc(Cl)cc4)CCCC3)no2)cc1OC. The molecule has 0 spiro atoms. The van der Waals surface area contributed by atoms with E-state index >= 15 is 0 Å². The second kappa shape index (κ2) is 9.02. The van der Waals surface area contributed by atoms with Crippen LogP contribution in [0.3, 0.4) is 0 Å². The summed E-state index contributed by atoms with van der Waals surface area (Å²) in [6, 6.07) is 14.9. The van der Waals surface area contributed by atoms with Gasteiger partial charge >= 0.3 is 0 Å². The number of carbonyl (C=O) groups excluding carboxylic acids is 1. The van der Waals surface area contributed by atoms with Crippen LogP contribution in [0.15, 0.2) is 53.1 Å². The van der Waals surface area contributed by atoms with Crippen molar-refractivity contribution in [3.63, 3.8) is 0 Å². The van der Waals surface area contributed by atoms with Crippen LogP contribution in [0.4, 0.5) is 0 Å². The largest absolute Gasteiger partial charge is 0.493 e. The Morgan fingerprint density at radius 3 is 2.45 bits per heavy atom. The maximum Gasteiger partial charge on any atom is 0.230 e. The van der Waals surface area contributed by atoms with Gasteiger partial charge in [-0.25, -0.2) is 0 Å². The molecule has 1 aromatic heterocycles. The zero-order chi connectivity index (χ0) is 21.8. The number of hydrogen-bond acceptors (Lipinski definition) is 5. The minimum atomic E-state index is -0.513. The quantitative estimate of drug-likeness (QED) is 0.550. The Bertz CT molecular complexity index is 1060. The van der Waals surface area contributed by atoms with Crippen molar-refractivity contribution >= 4 is 17.5 Å². The third-order valence-corrected chi connectivity index (χ3v) is 6.20. The monoisotopic (exact) mass is 440 g/mol. The van der Waals surface area contributed by atoms with E-state index in [9.17, 15) is 4.79 Å². The minimum absolute atomic E-state index is 0.0167. The van der Waals surface area contributed by atoms with Crippen molar-refractivity contribution < 1.29 is 18.8 Å². The summed E-state index contributed by atoms with van der Waals surface area (Å²) in [5.74, 6) is 1.86. The molecule has 1 N–H and O–H groups in total. The zero-order valence-electron chi connectivity index (χ0n) is 17.6. The summed E-state index contributed by atoms with van der Waals surface area (Å²) < 4.78 is 16.1. The number of nitrogens with zero attached hydrogens (tertiary/aromatic N) is 1. The Labute approximate surface area is 186 Å². The lowest BCUT2D eigenvalue weighted by Gasteiger charge is -2.28. The average Bonchev–Trinajstić information content (AvgIpc) is 3.48. The molecule has 1 aliphatic carbocycles. The van der Waals surface area contributed by atoms with Gasteiger partial charge in [0, 0.05) is 16.7 Å². The summed E-state index contributed by atoms with van der Waals surface area (Å²) in [7, 11) is 3.18. The highest BCUT2D eigenvalue weighted by atomic mass is 35.5. The van der Waals surface area contributed by atoms with Gasteiger partial charge in [-0.3, -0.25) is 4.79 Å². The number of rotatable bonds is 7. The van der Waals surface area contributed by atoms with E-state index in [0.29, 0.717) is 34.5 Å². The van der Waals surface area contributed by atoms with Crippen LogP contribution in [0, 0.1) is 0 Å². The average molecular weight is 441 g/mol. The van der Waals surface area contributed by atoms with E-state index in [0.717, 1.165) is 36.8 Å². The molecule has 0 aliphatic heterocycles. The van der Waals surface area contributed by atoms with Crippen LogP contribution in [0.2, 0.25) is 5.02 Å². The van der Waals surface area contributed by atoms with Gasteiger partial charge in [0.1, 0.15) is 5.69 Å². The van der Waals surface area contributed by atoms with Crippen LogP contribution in [0.1, 0.15) is 36.9 Å². The van der Waals surface area contributed by atoms with Crippen molar-refractivity contribution in [2.45, 2.75) is 37.6 Å². The fraction of sp³-hybridized carbons (Fsp3) is 0.333. The second-order valence-corrected chi connectivity index (χ2v) is 8.17. The fourth-order valence-electron chi connectivity index (χ4n) is 4.26. The van der Waals surface area contributed by atoms with Gasteiger partial charge in [0.2, 0.25) is 5.91 Å². The normalized spacial score (nSPS) is 14.9. The van der Waals surface area contributed by atoms with Gasteiger partial charge < -0.3 is 19.3 Å². The molecule has 0 unspecified atom stereocenters. The molecule has 0 atom stereocenters. The molecule has 2 aromatic carbocycles. The molecule has 0 radical (unpaired) electrons. The van der Waals surface area contributed by atoms with Gasteiger partial charge in [0.25, 0.3) is 0 Å². The highest BCUT2D eigenvalue weighted by molar-refractivity contribution is 6.30. The number of methoxy groups -OCH3 is 2. The summed E-state index contributed by atoms with van der Waals surface area (Å²) in [5.41, 5.74) is 1.97. The van der Waals surface area contributed by atoms with E-state index in [1.165, 1.54) is 0 Å². The molecule has 6 nitrogen and oxygen atoms in total. The van der Waals surface area contributed by atoms with Crippen LogP contribution in [0.25, 0.3) is 11.3 Å². The molecule has 1 fully saturated rings. The predicted molar refractivity (Wildman–Crippen MR) is 118 cm³/mol. The number of carbonyl (C=O) groups is 1. The Kier molecular flexibility index (Phi) is 6.18. The number of benzene rings is 2. The van der Waals surface area contributed by atoms with E-state index in [1.807, 2.05) is 48.5 Å². The number of amides is 1. The molecule has 3 aromatic rings. The molecule has 1 aliphatic rings. The van der Waals surface area contributed by atoms with Crippen molar-refractivity contribution in [3.8, 4) is 22.8 Å². The van der Waals surface area contributed by atoms with E-state index in [2.05, 4.69) is 10.5 Å². The number of ether oxygens (including phenoxy) is 2. The lowest BCUT2D eigenvalue weighted by atomic mass is 9.78. The number of halogens is 1. The van der Waals surface area contributed by atoms with Gasteiger partial charge in [0.15, 0.2) is 17.3 Å². The molecule has 1 heterocycles. The van der Waals surface area contributed by atoms with Crippen LogP contribution in [0.5, 0.6) is 11.5 Å². The Balaban J connectivity index is 1.48. The molecule has 162 valence electrons. The molecule has 1 amide bonds. The summed E-state index contributed by atoms with van der Waals surface area (Å²) in [4.78, 5) is 13.2. The predicted octanol–water partition coefficient (Wildman–Crippen LogP) is 5.14. The zero-order valence-corrected chi connectivity index (χ0v) is 18.4. The van der Waals surface area contributed by atoms with E-state index in [-0.39, 0.29) is 5.91 Å². The van der Waals surface area contributed by atoms with E-state index in [1.54, 1.807) is 14.2 Å². The third-order valence-electron chi connectivity index (χ3n) is 5.95. The first-order valence-corrected chi connectivity index (χ1v) is 10.7. The molecule has 0 saturated heterocycles. The molecule has 7 heteroatoms. The molecular formula is C24H25ClN2O4. The lowest BCUT2D eigenvalue weighted by Crippen LogP contribution is -2.42. The molecular weight excluding hydrogens is 416 g/mol. The summed E-state index contributed by atoms with van der Waals surface area (Å²) in [6.07, 6.45) is 3.72. The van der Waals surface area contributed by atoms with Crippen LogP contribution < -0.4 is 14.8 Å². The maximum atomic E-state index is 13.2. The molecule has 1 saturated carbocycles. The van der Waals surface area contributed by atoms with Gasteiger partial charge in [-0.05, 0) is 48.7 Å². The highest BCUT2D eigenvalue weighted by Crippen LogP contribution is 2.41. The topological polar surface area (TPSA) is 73.6 Å². The molecule has 4 rings (SSSR count). The van der Waals surface area contributed by atoms with Crippen LogP contribution >= 0.6 is 11.6 Å². The number of aromatic nitrogens is 1. The van der Waals surface area contributed by atoms with Crippen molar-refractivity contribution in [1.29, 1.82) is 0 Å². The molecule has 31 heavy (non-hydrogen) atoms. The van der Waals surface area contributed by atoms with Crippen molar-refractivity contribution in [3.05, 3.63) is 64.8 Å². The van der Waals surface area contributed by atoms with Crippen molar-refractivity contribution in [2.75, 3.05) is 14.2 Å². The second-order valence-electron chi connectivity index (χ2n) is 7.73. The van der Waals surface area contributed by atoms with Crippen molar-refractivity contribution in [2.24, 2.45) is 0 Å². The van der Waals surface area contributed by atoms with E-state index < -0.39 is 5.41 Å². The standard InChI is InChI=1S/C24H25ClN2O4/c1-29-20-10-5-16(13-22(20)30-2)21-14-19(27-31-21)15-26-23(28)24(11-3-4-12-24)17-6-8-18(25)9-7-17/h5-10,13-14H,3-4,11-12,15H2,1-2H3,(H,26,28). The first kappa shape index (κ1) is 21.2. The third kappa shape index (κ3) is 4.26. The van der Waals surface area contributed by atoms with Gasteiger partial charge in [-0.2, -0.15) is 0 Å². The lowest BCUT2D eigenvalue weighted by molar-refractivity contribution is -0.126. The van der Waals surface area contributed by atoms with Crippen LogP contribution in [-0.2, 0) is 16.8 Å². The highest BCUT2D eigenvalue weighted by Gasteiger charge is 2.42. The summed E-state index contributed by atoms with van der Waals surface area (Å²) in [5, 5.41) is 7.85. The Morgan fingerprint density at radius 2 is 1.77 bits per heavy atom. The first-order chi connectivity index (χ1) is 15.1. The van der Waals surface area contributed by atoms with E-state index in [4.69, 9.17) is 25.6 Å². The smallest absolute Gasteiger partial charge is 0.230 e. The Hall–Kier alpha value is -2.99. The van der Waals surface area contributed by atoms with Crippen molar-refractivity contribution in [1.82, 2.24) is 10.5 Å². The van der Waals surface area contributed by atoms with Crippen LogP contribution in [-0.4, -0.2) is 25.3 Å². The fourth-order valence-corrected chi connectivity index (χ4v) is 4.38. The molecule has 0 bridgehead atoms.